The molecule has 1 radical (unpaired) electrons. The molecule has 0 aromatic heterocycles. The van der Waals surface area contributed by atoms with Gasteiger partial charge < -0.3 is 11.7 Å². The van der Waals surface area contributed by atoms with E-state index in [1.54, 1.807) is 0 Å². The van der Waals surface area contributed by atoms with E-state index in [1.165, 1.54) is 6.42 Å². The number of rotatable bonds is 3. The molecule has 0 heterocycles. The number of unbranched alkanes of at least 4 members (excludes halogenated alkanes) is 1. The van der Waals surface area contributed by atoms with Gasteiger partial charge in [0.2, 0.25) is 0 Å². The molecule has 0 saturated heterocycles. The molecule has 0 amide bonds. The zero-order valence-electron chi connectivity index (χ0n) is 5.07. The minimum Gasteiger partial charge on any atom is -0.349 e. The standard InChI is InChI=1S/C5H12N.Y/c1-3-4-5-6-2;/h4,6H,3,5H2,1-2H3;/q-1;. The molecular weight excluding hydrogens is 163 g/mol. The van der Waals surface area contributed by atoms with Crippen LogP contribution in [0.3, 0.4) is 0 Å². The summed E-state index contributed by atoms with van der Waals surface area (Å²) in [7, 11) is 1.95. The van der Waals surface area contributed by atoms with Crippen molar-refractivity contribution in [3.8, 4) is 0 Å². The quantitative estimate of drug-likeness (QED) is 0.494. The molecule has 0 rings (SSSR count). The first-order valence-electron chi connectivity index (χ1n) is 2.38. The Bertz CT molecular complexity index is 20.0. The van der Waals surface area contributed by atoms with Crippen molar-refractivity contribution in [1.29, 1.82) is 0 Å². The van der Waals surface area contributed by atoms with Crippen molar-refractivity contribution in [3.63, 3.8) is 0 Å². The smallest absolute Gasteiger partial charge is 0 e. The fourth-order valence-corrected chi connectivity index (χ4v) is 0.289. The van der Waals surface area contributed by atoms with Gasteiger partial charge in [-0.1, -0.05) is 6.92 Å². The van der Waals surface area contributed by atoms with E-state index in [0.29, 0.717) is 0 Å². The number of nitrogens with one attached hydrogen (secondary N) is 1. The van der Waals surface area contributed by atoms with E-state index in [1.807, 2.05) is 7.05 Å². The van der Waals surface area contributed by atoms with Crippen molar-refractivity contribution < 1.29 is 32.7 Å². The van der Waals surface area contributed by atoms with E-state index in [9.17, 15) is 0 Å². The molecule has 0 aliphatic rings. The summed E-state index contributed by atoms with van der Waals surface area (Å²) in [6, 6.07) is 0. The second kappa shape index (κ2) is 10.1. The summed E-state index contributed by atoms with van der Waals surface area (Å²) in [5, 5.41) is 3.01. The molecule has 0 fully saturated rings. The third-order valence-electron chi connectivity index (χ3n) is 0.637. The van der Waals surface area contributed by atoms with Crippen molar-refractivity contribution in [2.45, 2.75) is 13.3 Å². The Hall–Kier alpha value is 1.06. The topological polar surface area (TPSA) is 12.0 Å². The Morgan fingerprint density at radius 3 is 2.29 bits per heavy atom. The normalized spacial score (nSPS) is 7.71. The van der Waals surface area contributed by atoms with Crippen molar-refractivity contribution in [1.82, 2.24) is 5.32 Å². The van der Waals surface area contributed by atoms with Crippen LogP contribution in [-0.4, -0.2) is 13.6 Å². The van der Waals surface area contributed by atoms with Crippen molar-refractivity contribution in [2.24, 2.45) is 0 Å². The molecule has 1 nitrogen and oxygen atoms in total. The SMILES string of the molecule is CC[CH-]CNC.[Y]. The summed E-state index contributed by atoms with van der Waals surface area (Å²) in [4.78, 5) is 0. The zero-order valence-corrected chi connectivity index (χ0v) is 7.91. The molecule has 0 aromatic carbocycles. The summed E-state index contributed by atoms with van der Waals surface area (Å²) in [6.45, 7) is 3.17. The van der Waals surface area contributed by atoms with Crippen LogP contribution in [0, 0.1) is 6.42 Å². The molecule has 0 atom stereocenters. The van der Waals surface area contributed by atoms with Gasteiger partial charge >= 0.3 is 0 Å². The van der Waals surface area contributed by atoms with E-state index < -0.39 is 0 Å². The van der Waals surface area contributed by atoms with Gasteiger partial charge in [0.25, 0.3) is 0 Å². The maximum absolute atomic E-state index is 3.01. The van der Waals surface area contributed by atoms with Crippen molar-refractivity contribution in [3.05, 3.63) is 6.42 Å². The first-order chi connectivity index (χ1) is 2.91. The number of hydrogen-bond donors (Lipinski definition) is 1. The monoisotopic (exact) mass is 175 g/mol. The summed E-state index contributed by atoms with van der Waals surface area (Å²) in [5.74, 6) is 0. The van der Waals surface area contributed by atoms with Crippen LogP contribution in [-0.2, 0) is 32.7 Å². The Kier molecular flexibility index (Phi) is 15.8. The van der Waals surface area contributed by atoms with Crippen LogP contribution in [0.2, 0.25) is 0 Å². The molecule has 1 N–H and O–H groups in total. The molecule has 0 aromatic rings. The summed E-state index contributed by atoms with van der Waals surface area (Å²) >= 11 is 0. The molecule has 0 spiro atoms. The van der Waals surface area contributed by atoms with E-state index in [-0.39, 0.29) is 32.7 Å². The number of hydrogen-bond acceptors (Lipinski definition) is 1. The van der Waals surface area contributed by atoms with Gasteiger partial charge in [-0.05, 0) is 7.05 Å². The molecule has 41 valence electrons. The Labute approximate surface area is 71.1 Å². The molecule has 0 aliphatic heterocycles. The molecule has 0 aliphatic carbocycles. The van der Waals surface area contributed by atoms with Crippen LogP contribution in [0.25, 0.3) is 0 Å². The van der Waals surface area contributed by atoms with E-state index >= 15 is 0 Å². The van der Waals surface area contributed by atoms with E-state index in [0.717, 1.165) is 6.54 Å². The molecule has 0 bridgehead atoms. The van der Waals surface area contributed by atoms with Crippen LogP contribution in [0.1, 0.15) is 13.3 Å². The maximum Gasteiger partial charge on any atom is 0 e. The van der Waals surface area contributed by atoms with Crippen molar-refractivity contribution >= 4 is 0 Å². The van der Waals surface area contributed by atoms with Crippen LogP contribution in [0.15, 0.2) is 0 Å². The van der Waals surface area contributed by atoms with Gasteiger partial charge in [0, 0.05) is 32.7 Å². The molecule has 0 saturated carbocycles. The van der Waals surface area contributed by atoms with Crippen LogP contribution < -0.4 is 5.32 Å². The second-order valence-electron chi connectivity index (χ2n) is 1.25. The zero-order chi connectivity index (χ0) is 4.83. The van der Waals surface area contributed by atoms with E-state index in [2.05, 4.69) is 18.7 Å². The Balaban J connectivity index is 0. The largest absolute Gasteiger partial charge is 0.349 e. The maximum atomic E-state index is 3.01. The molecule has 2 heteroatoms. The predicted octanol–water partition coefficient (Wildman–Crippen LogP) is 0.818. The third-order valence-corrected chi connectivity index (χ3v) is 0.637. The van der Waals surface area contributed by atoms with Gasteiger partial charge in [0.1, 0.15) is 0 Å². The minimum absolute atomic E-state index is 0. The fourth-order valence-electron chi connectivity index (χ4n) is 0.289. The van der Waals surface area contributed by atoms with Gasteiger partial charge in [-0.3, -0.25) is 0 Å². The van der Waals surface area contributed by atoms with Gasteiger partial charge in [-0.2, -0.15) is 6.42 Å². The summed E-state index contributed by atoms with van der Waals surface area (Å²) in [5.41, 5.74) is 0. The first kappa shape index (κ1) is 10.9. The first-order valence-corrected chi connectivity index (χ1v) is 2.38. The van der Waals surface area contributed by atoms with Gasteiger partial charge in [0.15, 0.2) is 0 Å². The fraction of sp³-hybridized carbons (Fsp3) is 0.800. The Morgan fingerprint density at radius 2 is 2.14 bits per heavy atom. The van der Waals surface area contributed by atoms with Gasteiger partial charge in [-0.25, -0.2) is 0 Å². The Morgan fingerprint density at radius 1 is 1.57 bits per heavy atom. The molecular formula is C5H12NY-. The summed E-state index contributed by atoms with van der Waals surface area (Å²) < 4.78 is 0. The van der Waals surface area contributed by atoms with Crippen LogP contribution >= 0.6 is 0 Å². The van der Waals surface area contributed by atoms with Crippen LogP contribution in [0.4, 0.5) is 0 Å². The van der Waals surface area contributed by atoms with Crippen LogP contribution in [0.5, 0.6) is 0 Å². The predicted molar refractivity (Wildman–Crippen MR) is 28.5 cm³/mol. The average molecular weight is 175 g/mol. The molecule has 7 heavy (non-hydrogen) atoms. The second-order valence-corrected chi connectivity index (χ2v) is 1.25. The minimum atomic E-state index is 0. The summed E-state index contributed by atoms with van der Waals surface area (Å²) in [6.07, 6.45) is 3.36. The van der Waals surface area contributed by atoms with Gasteiger partial charge in [0.05, 0.1) is 0 Å². The average Bonchev–Trinajstić information content (AvgIpc) is 1.61. The molecule has 0 unspecified atom stereocenters. The van der Waals surface area contributed by atoms with Gasteiger partial charge in [-0.15, -0.1) is 6.54 Å². The third kappa shape index (κ3) is 11.0. The van der Waals surface area contributed by atoms with E-state index in [4.69, 9.17) is 0 Å². The van der Waals surface area contributed by atoms with Crippen molar-refractivity contribution in [2.75, 3.05) is 13.6 Å².